The summed E-state index contributed by atoms with van der Waals surface area (Å²) in [6, 6.07) is 8.28. The van der Waals surface area contributed by atoms with Gasteiger partial charge in [-0.05, 0) is 24.0 Å². The van der Waals surface area contributed by atoms with Gasteiger partial charge in [0.25, 0.3) is 0 Å². The summed E-state index contributed by atoms with van der Waals surface area (Å²) in [7, 11) is -3.12. The molecular weight excluding hydrogens is 310 g/mol. The Balaban J connectivity index is 1.76. The number of allylic oxidation sites excluding steroid dienone is 1. The third kappa shape index (κ3) is 3.39. The van der Waals surface area contributed by atoms with Crippen LogP contribution in [0.3, 0.4) is 0 Å². The van der Waals surface area contributed by atoms with Gasteiger partial charge in [-0.3, -0.25) is 4.79 Å². The topological polar surface area (TPSA) is 54.5 Å². The van der Waals surface area contributed by atoms with Crippen LogP contribution in [-0.4, -0.2) is 31.5 Å². The van der Waals surface area contributed by atoms with Gasteiger partial charge in [0, 0.05) is 24.3 Å². The van der Waals surface area contributed by atoms with E-state index in [1.165, 1.54) is 16.5 Å². The largest absolute Gasteiger partial charge is 0.332 e. The van der Waals surface area contributed by atoms with E-state index in [0.29, 0.717) is 6.54 Å². The molecule has 3 rings (SSSR count). The number of nitrogens with zero attached hydrogens (tertiary/aromatic N) is 1. The highest BCUT2D eigenvalue weighted by Crippen LogP contribution is 2.36. The van der Waals surface area contributed by atoms with Crippen LogP contribution in [0.5, 0.6) is 0 Å². The lowest BCUT2D eigenvalue weighted by Crippen LogP contribution is -2.35. The summed E-state index contributed by atoms with van der Waals surface area (Å²) in [6.07, 6.45) is 5.50. The Hall–Kier alpha value is -1.88. The Labute approximate surface area is 137 Å². The van der Waals surface area contributed by atoms with Crippen molar-refractivity contribution >= 4 is 15.7 Å². The maximum absolute atomic E-state index is 12.7. The molecule has 1 amide bonds. The first-order valence-electron chi connectivity index (χ1n) is 7.89. The van der Waals surface area contributed by atoms with Gasteiger partial charge >= 0.3 is 0 Å². The highest BCUT2D eigenvalue weighted by molar-refractivity contribution is 7.94. The van der Waals surface area contributed by atoms with E-state index >= 15 is 0 Å². The smallest absolute Gasteiger partial charge is 0.223 e. The van der Waals surface area contributed by atoms with Crippen LogP contribution in [0, 0.1) is 5.92 Å². The van der Waals surface area contributed by atoms with Gasteiger partial charge in [0.15, 0.2) is 9.84 Å². The summed E-state index contributed by atoms with van der Waals surface area (Å²) < 4.78 is 23.0. The average Bonchev–Trinajstić information content (AvgIpc) is 3.08. The number of fused-ring (bicyclic) bond motifs is 1. The van der Waals surface area contributed by atoms with Gasteiger partial charge in [0.1, 0.15) is 0 Å². The van der Waals surface area contributed by atoms with Crippen molar-refractivity contribution in [3.05, 3.63) is 59.5 Å². The molecule has 0 saturated heterocycles. The van der Waals surface area contributed by atoms with Gasteiger partial charge in [-0.15, -0.1) is 6.58 Å². The van der Waals surface area contributed by atoms with E-state index in [-0.39, 0.29) is 30.0 Å². The Morgan fingerprint density at radius 3 is 2.83 bits per heavy atom. The highest BCUT2D eigenvalue weighted by atomic mass is 32.2. The molecule has 5 heteroatoms. The summed E-state index contributed by atoms with van der Waals surface area (Å²) in [5.41, 5.74) is 2.50. The molecule has 23 heavy (non-hydrogen) atoms. The zero-order valence-electron chi connectivity index (χ0n) is 13.0. The van der Waals surface area contributed by atoms with Crippen LogP contribution < -0.4 is 0 Å². The molecule has 0 fully saturated rings. The number of benzene rings is 1. The fourth-order valence-corrected chi connectivity index (χ4v) is 4.91. The Bertz CT molecular complexity index is 751. The van der Waals surface area contributed by atoms with Gasteiger partial charge in [0.05, 0.1) is 11.8 Å². The first kappa shape index (κ1) is 16.0. The van der Waals surface area contributed by atoms with Gasteiger partial charge in [0.2, 0.25) is 5.91 Å². The molecule has 0 N–H and O–H groups in total. The highest BCUT2D eigenvalue weighted by Gasteiger charge is 2.32. The zero-order valence-corrected chi connectivity index (χ0v) is 13.8. The predicted molar refractivity (Wildman–Crippen MR) is 90.4 cm³/mol. The van der Waals surface area contributed by atoms with Crippen LogP contribution in [0.1, 0.15) is 30.0 Å². The van der Waals surface area contributed by atoms with E-state index in [2.05, 4.69) is 18.7 Å². The molecule has 0 spiro atoms. The van der Waals surface area contributed by atoms with Crippen molar-refractivity contribution in [3.63, 3.8) is 0 Å². The summed E-state index contributed by atoms with van der Waals surface area (Å²) in [5, 5.41) is 1.23. The fraction of sp³-hybridized carbons (Fsp3) is 0.389. The zero-order chi connectivity index (χ0) is 16.4. The van der Waals surface area contributed by atoms with Crippen LogP contribution in [0.4, 0.5) is 0 Å². The average molecular weight is 331 g/mol. The second kappa shape index (κ2) is 6.32. The van der Waals surface area contributed by atoms with Crippen molar-refractivity contribution in [3.8, 4) is 0 Å². The number of amides is 1. The first-order chi connectivity index (χ1) is 11.0. The predicted octanol–water partition coefficient (Wildman–Crippen LogP) is 2.64. The van der Waals surface area contributed by atoms with Gasteiger partial charge < -0.3 is 4.90 Å². The fourth-order valence-electron chi connectivity index (χ4n) is 3.51. The molecule has 2 atom stereocenters. The number of hydrogen-bond acceptors (Lipinski definition) is 3. The van der Waals surface area contributed by atoms with E-state index in [4.69, 9.17) is 0 Å². The first-order valence-corrected chi connectivity index (χ1v) is 9.61. The molecule has 122 valence electrons. The van der Waals surface area contributed by atoms with Crippen molar-refractivity contribution < 1.29 is 13.2 Å². The van der Waals surface area contributed by atoms with Crippen molar-refractivity contribution in [2.75, 3.05) is 12.3 Å². The maximum Gasteiger partial charge on any atom is 0.223 e. The summed E-state index contributed by atoms with van der Waals surface area (Å²) in [4.78, 5) is 14.6. The van der Waals surface area contributed by atoms with Gasteiger partial charge in [-0.25, -0.2) is 8.42 Å². The van der Waals surface area contributed by atoms with E-state index < -0.39 is 9.84 Å². The Kier molecular flexibility index (Phi) is 4.39. The molecule has 4 nitrogen and oxygen atoms in total. The lowest BCUT2D eigenvalue weighted by molar-refractivity contribution is -0.133. The van der Waals surface area contributed by atoms with Crippen LogP contribution in [0.2, 0.25) is 0 Å². The van der Waals surface area contributed by atoms with Crippen LogP contribution in [0.25, 0.3) is 0 Å². The number of carbonyl (C=O) groups is 1. The summed E-state index contributed by atoms with van der Waals surface area (Å²) in [6.45, 7) is 4.25. The van der Waals surface area contributed by atoms with Crippen LogP contribution >= 0.6 is 0 Å². The Morgan fingerprint density at radius 2 is 2.13 bits per heavy atom. The van der Waals surface area contributed by atoms with E-state index in [0.717, 1.165) is 12.8 Å². The van der Waals surface area contributed by atoms with Crippen molar-refractivity contribution in [1.29, 1.82) is 0 Å². The second-order valence-corrected chi connectivity index (χ2v) is 8.14. The number of rotatable bonds is 5. The third-order valence-electron chi connectivity index (χ3n) is 4.56. The minimum Gasteiger partial charge on any atom is -0.332 e. The second-order valence-electron chi connectivity index (χ2n) is 6.21. The number of sulfone groups is 1. The monoisotopic (exact) mass is 331 g/mol. The molecule has 1 heterocycles. The normalized spacial score (nSPS) is 24.3. The molecule has 0 aromatic heterocycles. The molecule has 1 aromatic carbocycles. The maximum atomic E-state index is 12.7. The number of carbonyl (C=O) groups excluding carboxylic acids is 1. The van der Waals surface area contributed by atoms with E-state index in [1.54, 1.807) is 12.2 Å². The minimum atomic E-state index is -3.12. The van der Waals surface area contributed by atoms with E-state index in [9.17, 15) is 13.2 Å². The number of hydrogen-bond donors (Lipinski definition) is 0. The lowest BCUT2D eigenvalue weighted by atomic mass is 10.0. The standard InChI is InChI=1S/C18H21NO3S/c1-2-10-19(17-8-7-15-5-3-4-6-16(15)17)18(20)12-14-9-11-23(21,22)13-14/h2-6,9,11,14,17H,1,7-8,10,12-13H2. The van der Waals surface area contributed by atoms with Crippen molar-refractivity contribution in [1.82, 2.24) is 4.90 Å². The van der Waals surface area contributed by atoms with Crippen LogP contribution in [0.15, 0.2) is 48.4 Å². The molecule has 0 bridgehead atoms. The third-order valence-corrected chi connectivity index (χ3v) is 6.03. The van der Waals surface area contributed by atoms with Gasteiger partial charge in [-0.1, -0.05) is 36.4 Å². The molecular formula is C18H21NO3S. The minimum absolute atomic E-state index is 0.00152. The van der Waals surface area contributed by atoms with Gasteiger partial charge in [-0.2, -0.15) is 0 Å². The molecule has 1 aliphatic carbocycles. The van der Waals surface area contributed by atoms with Crippen molar-refractivity contribution in [2.45, 2.75) is 25.3 Å². The molecule has 2 unspecified atom stereocenters. The summed E-state index contributed by atoms with van der Waals surface area (Å²) >= 11 is 0. The molecule has 0 saturated carbocycles. The van der Waals surface area contributed by atoms with Crippen molar-refractivity contribution in [2.24, 2.45) is 5.92 Å². The molecule has 1 aromatic rings. The quantitative estimate of drug-likeness (QED) is 0.780. The Morgan fingerprint density at radius 1 is 1.35 bits per heavy atom. The number of aryl methyl sites for hydroxylation is 1. The van der Waals surface area contributed by atoms with Crippen LogP contribution in [-0.2, 0) is 21.1 Å². The SMILES string of the molecule is C=CCN(C(=O)CC1C=CS(=O)(=O)C1)C1CCc2ccccc21. The molecule has 1 aliphatic heterocycles. The van der Waals surface area contributed by atoms with E-state index in [1.807, 2.05) is 17.0 Å². The molecule has 0 radical (unpaired) electrons. The summed E-state index contributed by atoms with van der Waals surface area (Å²) in [5.74, 6) is -0.170. The lowest BCUT2D eigenvalue weighted by Gasteiger charge is -2.29. The molecule has 2 aliphatic rings.